The van der Waals surface area contributed by atoms with E-state index in [1.807, 2.05) is 13.8 Å². The highest BCUT2D eigenvalue weighted by atomic mass is 16.6. The molecular weight excluding hydrogens is 422 g/mol. The van der Waals surface area contributed by atoms with E-state index in [0.29, 0.717) is 12.8 Å². The zero-order valence-corrected chi connectivity index (χ0v) is 19.1. The van der Waals surface area contributed by atoms with Gasteiger partial charge in [0.25, 0.3) is 5.91 Å². The van der Waals surface area contributed by atoms with Crippen LogP contribution in [0.5, 0.6) is 0 Å². The number of esters is 1. The van der Waals surface area contributed by atoms with E-state index < -0.39 is 42.0 Å². The lowest BCUT2D eigenvalue weighted by Crippen LogP contribution is -2.53. The fraction of sp³-hybridized carbons (Fsp3) is 0.682. The molecule has 0 unspecified atom stereocenters. The Balaban J connectivity index is 2.92. The number of cyclic esters (lactones) is 1. The summed E-state index contributed by atoms with van der Waals surface area (Å²) in [7, 11) is 1.15. The number of aliphatic hydroxyl groups is 1. The minimum atomic E-state index is -1.67. The number of unbranched alkanes of at least 4 members (excludes halogenated alkanes) is 3. The van der Waals surface area contributed by atoms with Gasteiger partial charge in [-0.15, -0.1) is 0 Å². The number of ether oxygens (including phenoxy) is 3. The Hall–Kier alpha value is -2.59. The summed E-state index contributed by atoms with van der Waals surface area (Å²) in [5, 5.41) is 8.75. The van der Waals surface area contributed by atoms with Gasteiger partial charge in [-0.25, -0.2) is 9.69 Å². The van der Waals surface area contributed by atoms with Gasteiger partial charge in [0.15, 0.2) is 23.8 Å². The van der Waals surface area contributed by atoms with Crippen molar-refractivity contribution in [3.8, 4) is 0 Å². The summed E-state index contributed by atoms with van der Waals surface area (Å²) in [5.74, 6) is -2.92. The Labute approximate surface area is 187 Å². The molecule has 1 aliphatic rings. The maximum absolute atomic E-state index is 13.0. The maximum atomic E-state index is 13.0. The number of imide groups is 1. The molecule has 0 aromatic rings. The van der Waals surface area contributed by atoms with Gasteiger partial charge in [-0.05, 0) is 30.9 Å². The number of methoxy groups -OCH3 is 1. The lowest BCUT2D eigenvalue weighted by Gasteiger charge is -2.29. The van der Waals surface area contributed by atoms with Crippen LogP contribution in [-0.4, -0.2) is 78.1 Å². The van der Waals surface area contributed by atoms with Gasteiger partial charge < -0.3 is 19.3 Å². The van der Waals surface area contributed by atoms with Crippen molar-refractivity contribution in [2.24, 2.45) is 5.92 Å². The first-order valence-corrected chi connectivity index (χ1v) is 10.7. The number of allylic oxidation sites excluding steroid dienone is 1. The lowest BCUT2D eigenvalue weighted by molar-refractivity contribution is -0.166. The second-order valence-electron chi connectivity index (χ2n) is 7.87. The number of hydrogen-bond donors (Lipinski definition) is 1. The number of hydrogen-bond acceptors (Lipinski definition) is 9. The van der Waals surface area contributed by atoms with Crippen molar-refractivity contribution in [1.82, 2.24) is 4.90 Å². The van der Waals surface area contributed by atoms with Crippen LogP contribution in [0, 0.1) is 5.92 Å². The summed E-state index contributed by atoms with van der Waals surface area (Å²) in [5.41, 5.74) is 0. The molecule has 10 heteroatoms. The quantitative estimate of drug-likeness (QED) is 0.235. The molecule has 180 valence electrons. The number of nitrogens with zero attached hydrogens (tertiary/aromatic N) is 1. The second kappa shape index (κ2) is 13.7. The van der Waals surface area contributed by atoms with Crippen LogP contribution < -0.4 is 0 Å². The molecular formula is C22H33NO9. The molecule has 1 heterocycles. The molecule has 0 aliphatic carbocycles. The van der Waals surface area contributed by atoms with Crippen LogP contribution in [0.4, 0.5) is 4.79 Å². The molecule has 0 bridgehead atoms. The Morgan fingerprint density at radius 2 is 1.78 bits per heavy atom. The first-order chi connectivity index (χ1) is 15.1. The van der Waals surface area contributed by atoms with Crippen LogP contribution in [0.15, 0.2) is 12.2 Å². The number of carbonyl (C=O) groups excluding carboxylic acids is 5. The van der Waals surface area contributed by atoms with Gasteiger partial charge >= 0.3 is 12.1 Å². The molecule has 1 saturated heterocycles. The van der Waals surface area contributed by atoms with Gasteiger partial charge in [-0.1, -0.05) is 26.7 Å². The molecule has 32 heavy (non-hydrogen) atoms. The monoisotopic (exact) mass is 455 g/mol. The summed E-state index contributed by atoms with van der Waals surface area (Å²) < 4.78 is 15.2. The SMILES string of the molecule is CO[C@@H](C(=O)N1C(=O)OC[C@H]1C(C)C)[C@@H](OC(C)=O)C(=O)C=CC(=O)CCCCCCO. The third-order valence-electron chi connectivity index (χ3n) is 5.02. The van der Waals surface area contributed by atoms with E-state index in [9.17, 15) is 24.0 Å². The maximum Gasteiger partial charge on any atom is 0.417 e. The van der Waals surface area contributed by atoms with Crippen molar-refractivity contribution in [3.63, 3.8) is 0 Å². The first kappa shape index (κ1) is 27.4. The van der Waals surface area contributed by atoms with E-state index in [4.69, 9.17) is 19.3 Å². The van der Waals surface area contributed by atoms with E-state index >= 15 is 0 Å². The molecule has 1 aliphatic heterocycles. The minimum absolute atomic E-state index is 0.0115. The van der Waals surface area contributed by atoms with E-state index in [1.54, 1.807) is 0 Å². The summed E-state index contributed by atoms with van der Waals surface area (Å²) in [4.78, 5) is 62.3. The van der Waals surface area contributed by atoms with Crippen molar-refractivity contribution in [1.29, 1.82) is 0 Å². The smallest absolute Gasteiger partial charge is 0.417 e. The van der Waals surface area contributed by atoms with Crippen molar-refractivity contribution in [2.75, 3.05) is 20.3 Å². The second-order valence-corrected chi connectivity index (χ2v) is 7.87. The average molecular weight is 456 g/mol. The van der Waals surface area contributed by atoms with Crippen molar-refractivity contribution >= 4 is 29.5 Å². The summed E-state index contributed by atoms with van der Waals surface area (Å²) in [6.07, 6.45) is 0.971. The molecule has 1 N–H and O–H groups in total. The van der Waals surface area contributed by atoms with Crippen LogP contribution in [0.2, 0.25) is 0 Å². The fourth-order valence-electron chi connectivity index (χ4n) is 3.24. The van der Waals surface area contributed by atoms with Crippen LogP contribution >= 0.6 is 0 Å². The minimum Gasteiger partial charge on any atom is -0.451 e. The predicted octanol–water partition coefficient (Wildman–Crippen LogP) is 1.57. The standard InChI is InChI=1S/C22H33NO9/c1-14(2)17-13-31-22(29)23(17)21(28)20(30-4)19(32-15(3)25)18(27)11-10-16(26)9-7-5-6-8-12-24/h10-11,14,17,19-20,24H,5-9,12-13H2,1-4H3/t17-,19-,20+/m0/s1. The van der Waals surface area contributed by atoms with Gasteiger partial charge in [-0.3, -0.25) is 19.2 Å². The van der Waals surface area contributed by atoms with Crippen molar-refractivity contribution < 1.29 is 43.3 Å². The van der Waals surface area contributed by atoms with E-state index in [1.165, 1.54) is 0 Å². The fourth-order valence-corrected chi connectivity index (χ4v) is 3.24. The van der Waals surface area contributed by atoms with Crippen molar-refractivity contribution in [3.05, 3.63) is 12.2 Å². The van der Waals surface area contributed by atoms with E-state index in [2.05, 4.69) is 0 Å². The summed E-state index contributed by atoms with van der Waals surface area (Å²) in [6.45, 7) is 4.80. The third kappa shape index (κ3) is 8.16. The molecule has 0 radical (unpaired) electrons. The Morgan fingerprint density at radius 1 is 1.12 bits per heavy atom. The van der Waals surface area contributed by atoms with E-state index in [0.717, 1.165) is 43.9 Å². The zero-order valence-electron chi connectivity index (χ0n) is 19.1. The molecule has 1 rings (SSSR count). The molecule has 10 nitrogen and oxygen atoms in total. The molecule has 3 atom stereocenters. The number of rotatable bonds is 14. The summed E-state index contributed by atoms with van der Waals surface area (Å²) in [6, 6.07) is -0.552. The Bertz CT molecular complexity index is 716. The van der Waals surface area contributed by atoms with Crippen LogP contribution in [0.1, 0.15) is 52.9 Å². The highest BCUT2D eigenvalue weighted by Gasteiger charge is 2.46. The normalized spacial score (nSPS) is 18.0. The Kier molecular flexibility index (Phi) is 11.8. The molecule has 2 amide bonds. The largest absolute Gasteiger partial charge is 0.451 e. The van der Waals surface area contributed by atoms with Gasteiger partial charge in [0.2, 0.25) is 0 Å². The number of amides is 2. The predicted molar refractivity (Wildman–Crippen MR) is 112 cm³/mol. The lowest BCUT2D eigenvalue weighted by atomic mass is 10.0. The Morgan fingerprint density at radius 3 is 2.34 bits per heavy atom. The molecule has 0 spiro atoms. The van der Waals surface area contributed by atoms with Gasteiger partial charge in [0.05, 0.1) is 6.04 Å². The number of ketones is 2. The molecule has 1 fully saturated rings. The highest BCUT2D eigenvalue weighted by Crippen LogP contribution is 2.23. The third-order valence-corrected chi connectivity index (χ3v) is 5.02. The zero-order chi connectivity index (χ0) is 24.3. The molecule has 0 saturated carbocycles. The molecule has 0 aromatic carbocycles. The molecule has 0 aromatic heterocycles. The topological polar surface area (TPSA) is 137 Å². The van der Waals surface area contributed by atoms with E-state index in [-0.39, 0.29) is 31.3 Å². The van der Waals surface area contributed by atoms with Gasteiger partial charge in [-0.2, -0.15) is 0 Å². The summed E-state index contributed by atoms with van der Waals surface area (Å²) >= 11 is 0. The highest BCUT2D eigenvalue weighted by molar-refractivity contribution is 6.05. The number of carbonyl (C=O) groups is 5. The van der Waals surface area contributed by atoms with Gasteiger partial charge in [0.1, 0.15) is 6.61 Å². The van der Waals surface area contributed by atoms with Crippen molar-refractivity contribution in [2.45, 2.75) is 71.1 Å². The van der Waals surface area contributed by atoms with Crippen LogP contribution in [0.3, 0.4) is 0 Å². The van der Waals surface area contributed by atoms with Crippen LogP contribution in [0.25, 0.3) is 0 Å². The van der Waals surface area contributed by atoms with Crippen LogP contribution in [-0.2, 0) is 33.4 Å². The van der Waals surface area contributed by atoms with Gasteiger partial charge in [0, 0.05) is 27.1 Å². The average Bonchev–Trinajstić information content (AvgIpc) is 3.13. The number of aliphatic hydroxyl groups excluding tert-OH is 1. The first-order valence-electron chi connectivity index (χ1n) is 10.7.